The molecule has 118 valence electrons. The third-order valence-electron chi connectivity index (χ3n) is 3.99. The number of hydrogen-bond donors (Lipinski definition) is 1. The number of halogens is 1. The minimum Gasteiger partial charge on any atom is -0.327 e. The van der Waals surface area contributed by atoms with Gasteiger partial charge >= 0.3 is 11.8 Å². The van der Waals surface area contributed by atoms with Gasteiger partial charge in [-0.25, -0.2) is 0 Å². The summed E-state index contributed by atoms with van der Waals surface area (Å²) in [6.07, 6.45) is 1.78. The third-order valence-corrected chi connectivity index (χ3v) is 4.25. The van der Waals surface area contributed by atoms with Gasteiger partial charge in [-0.1, -0.05) is 41.9 Å². The fourth-order valence-electron chi connectivity index (χ4n) is 2.88. The summed E-state index contributed by atoms with van der Waals surface area (Å²) in [7, 11) is 0. The fourth-order valence-corrected chi connectivity index (χ4v) is 3.01. The minimum absolute atomic E-state index is 0.0281. The second kappa shape index (κ2) is 6.84. The zero-order chi connectivity index (χ0) is 16.2. The fraction of sp³-hybridized carbons (Fsp3) is 0.222. The lowest BCUT2D eigenvalue weighted by Gasteiger charge is -2.24. The van der Waals surface area contributed by atoms with Crippen molar-refractivity contribution in [2.75, 3.05) is 11.9 Å². The summed E-state index contributed by atoms with van der Waals surface area (Å²) in [5.41, 5.74) is 1.63. The van der Waals surface area contributed by atoms with Crippen LogP contribution in [0.25, 0.3) is 0 Å². The van der Waals surface area contributed by atoms with E-state index in [0.717, 1.165) is 18.4 Å². The molecule has 2 aromatic carbocycles. The Labute approximate surface area is 140 Å². The van der Waals surface area contributed by atoms with Crippen molar-refractivity contribution >= 4 is 29.1 Å². The van der Waals surface area contributed by atoms with Gasteiger partial charge in [-0.05, 0) is 42.7 Å². The quantitative estimate of drug-likeness (QED) is 0.856. The molecule has 23 heavy (non-hydrogen) atoms. The Morgan fingerprint density at radius 3 is 2.43 bits per heavy atom. The molecular formula is C18H17ClN2O2. The SMILES string of the molecule is O=C(Nc1ccc(Cl)cc1)C(=O)N1CCCC1c1ccccc1. The largest absolute Gasteiger partial charge is 0.327 e. The van der Waals surface area contributed by atoms with Crippen LogP contribution in [0.3, 0.4) is 0 Å². The van der Waals surface area contributed by atoms with Crippen LogP contribution in [0.15, 0.2) is 54.6 Å². The summed E-state index contributed by atoms with van der Waals surface area (Å²) >= 11 is 5.81. The summed E-state index contributed by atoms with van der Waals surface area (Å²) in [5.74, 6) is -1.11. The molecule has 0 aliphatic carbocycles. The highest BCUT2D eigenvalue weighted by atomic mass is 35.5. The average Bonchev–Trinajstić information content (AvgIpc) is 3.06. The molecule has 0 bridgehead atoms. The second-order valence-corrected chi connectivity index (χ2v) is 5.96. The van der Waals surface area contributed by atoms with E-state index in [4.69, 9.17) is 11.6 Å². The van der Waals surface area contributed by atoms with Gasteiger partial charge in [0.2, 0.25) is 0 Å². The van der Waals surface area contributed by atoms with Crippen LogP contribution in [0.5, 0.6) is 0 Å². The third kappa shape index (κ3) is 3.54. The lowest BCUT2D eigenvalue weighted by atomic mass is 10.0. The summed E-state index contributed by atoms with van der Waals surface area (Å²) in [6, 6.07) is 16.5. The van der Waals surface area contributed by atoms with Crippen molar-refractivity contribution in [1.29, 1.82) is 0 Å². The number of hydrogen-bond acceptors (Lipinski definition) is 2. The van der Waals surface area contributed by atoms with E-state index in [-0.39, 0.29) is 6.04 Å². The molecular weight excluding hydrogens is 312 g/mol. The van der Waals surface area contributed by atoms with E-state index in [2.05, 4.69) is 5.32 Å². The number of carbonyl (C=O) groups is 2. The number of benzene rings is 2. The molecule has 1 aliphatic heterocycles. The van der Waals surface area contributed by atoms with Gasteiger partial charge in [0.1, 0.15) is 0 Å². The lowest BCUT2D eigenvalue weighted by molar-refractivity contribution is -0.143. The summed E-state index contributed by atoms with van der Waals surface area (Å²) in [5, 5.41) is 3.21. The van der Waals surface area contributed by atoms with E-state index in [1.54, 1.807) is 29.2 Å². The minimum atomic E-state index is -0.616. The summed E-state index contributed by atoms with van der Waals surface area (Å²) < 4.78 is 0. The van der Waals surface area contributed by atoms with Gasteiger partial charge in [-0.2, -0.15) is 0 Å². The number of nitrogens with zero attached hydrogens (tertiary/aromatic N) is 1. The molecule has 2 amide bonds. The van der Waals surface area contributed by atoms with Crippen LogP contribution in [0.1, 0.15) is 24.4 Å². The van der Waals surface area contributed by atoms with E-state index in [1.165, 1.54) is 0 Å². The van der Waals surface area contributed by atoms with Crippen molar-refractivity contribution < 1.29 is 9.59 Å². The highest BCUT2D eigenvalue weighted by Gasteiger charge is 2.33. The molecule has 1 fully saturated rings. The molecule has 1 aliphatic rings. The molecule has 5 heteroatoms. The molecule has 1 saturated heterocycles. The van der Waals surface area contributed by atoms with Crippen LogP contribution < -0.4 is 5.32 Å². The van der Waals surface area contributed by atoms with E-state index in [0.29, 0.717) is 17.3 Å². The number of nitrogens with one attached hydrogen (secondary N) is 1. The monoisotopic (exact) mass is 328 g/mol. The van der Waals surface area contributed by atoms with Crippen LogP contribution >= 0.6 is 11.6 Å². The maximum Gasteiger partial charge on any atom is 0.313 e. The van der Waals surface area contributed by atoms with Crippen molar-refractivity contribution in [3.05, 3.63) is 65.2 Å². The second-order valence-electron chi connectivity index (χ2n) is 5.53. The molecule has 1 atom stereocenters. The van der Waals surface area contributed by atoms with E-state index < -0.39 is 11.8 Å². The van der Waals surface area contributed by atoms with Gasteiger partial charge in [-0.3, -0.25) is 9.59 Å². The van der Waals surface area contributed by atoms with Crippen LogP contribution in [-0.4, -0.2) is 23.3 Å². The summed E-state index contributed by atoms with van der Waals surface area (Å²) in [4.78, 5) is 26.4. The predicted octanol–water partition coefficient (Wildman–Crippen LogP) is 3.64. The van der Waals surface area contributed by atoms with Gasteiger partial charge in [0.05, 0.1) is 6.04 Å². The Morgan fingerprint density at radius 2 is 1.74 bits per heavy atom. The van der Waals surface area contributed by atoms with Gasteiger partial charge < -0.3 is 10.2 Å². The van der Waals surface area contributed by atoms with Gasteiger partial charge in [0, 0.05) is 17.3 Å². The van der Waals surface area contributed by atoms with Gasteiger partial charge in [0.25, 0.3) is 0 Å². The maximum atomic E-state index is 12.5. The lowest BCUT2D eigenvalue weighted by Crippen LogP contribution is -2.39. The molecule has 4 nitrogen and oxygen atoms in total. The molecule has 2 aromatic rings. The van der Waals surface area contributed by atoms with E-state index >= 15 is 0 Å². The van der Waals surface area contributed by atoms with Crippen molar-refractivity contribution in [3.63, 3.8) is 0 Å². The smallest absolute Gasteiger partial charge is 0.313 e. The first kappa shape index (κ1) is 15.6. The number of anilines is 1. The molecule has 1 unspecified atom stereocenters. The van der Waals surface area contributed by atoms with Crippen LogP contribution in [0.2, 0.25) is 5.02 Å². The zero-order valence-electron chi connectivity index (χ0n) is 12.5. The highest BCUT2D eigenvalue weighted by Crippen LogP contribution is 2.31. The zero-order valence-corrected chi connectivity index (χ0v) is 13.3. The molecule has 1 N–H and O–H groups in total. The molecule has 0 radical (unpaired) electrons. The number of amides is 2. The predicted molar refractivity (Wildman–Crippen MR) is 90.2 cm³/mol. The topological polar surface area (TPSA) is 49.4 Å². The first-order valence-corrected chi connectivity index (χ1v) is 7.95. The molecule has 0 saturated carbocycles. The Balaban J connectivity index is 1.71. The van der Waals surface area contributed by atoms with Crippen molar-refractivity contribution in [2.45, 2.75) is 18.9 Å². The van der Waals surface area contributed by atoms with Gasteiger partial charge in [0.15, 0.2) is 0 Å². The van der Waals surface area contributed by atoms with Crippen molar-refractivity contribution in [3.8, 4) is 0 Å². The number of likely N-dealkylation sites (tertiary alicyclic amines) is 1. The number of carbonyl (C=O) groups excluding carboxylic acids is 2. The normalized spacial score (nSPS) is 17.1. The molecule has 0 spiro atoms. The Bertz CT molecular complexity index is 701. The number of rotatable bonds is 2. The summed E-state index contributed by atoms with van der Waals surface area (Å²) in [6.45, 7) is 0.604. The van der Waals surface area contributed by atoms with Gasteiger partial charge in [-0.15, -0.1) is 0 Å². The van der Waals surface area contributed by atoms with Crippen molar-refractivity contribution in [1.82, 2.24) is 4.90 Å². The Morgan fingerprint density at radius 1 is 1.04 bits per heavy atom. The van der Waals surface area contributed by atoms with Crippen molar-refractivity contribution in [2.24, 2.45) is 0 Å². The van der Waals surface area contributed by atoms with Crippen LogP contribution in [-0.2, 0) is 9.59 Å². The Kier molecular flexibility index (Phi) is 4.63. The molecule has 3 rings (SSSR count). The first-order chi connectivity index (χ1) is 11.1. The first-order valence-electron chi connectivity index (χ1n) is 7.57. The maximum absolute atomic E-state index is 12.5. The highest BCUT2D eigenvalue weighted by molar-refractivity contribution is 6.39. The Hall–Kier alpha value is -2.33. The molecule has 0 aromatic heterocycles. The van der Waals surface area contributed by atoms with Crippen LogP contribution in [0.4, 0.5) is 5.69 Å². The average molecular weight is 329 g/mol. The van der Waals surface area contributed by atoms with E-state index in [9.17, 15) is 9.59 Å². The van der Waals surface area contributed by atoms with E-state index in [1.807, 2.05) is 30.3 Å². The van der Waals surface area contributed by atoms with Crippen LogP contribution in [0, 0.1) is 0 Å². The standard InChI is InChI=1S/C18H17ClN2O2/c19-14-8-10-15(11-9-14)20-17(22)18(23)21-12-4-7-16(21)13-5-2-1-3-6-13/h1-3,5-6,8-11,16H,4,7,12H2,(H,20,22). The molecule has 1 heterocycles.